The lowest BCUT2D eigenvalue weighted by Gasteiger charge is -2.35. The Morgan fingerprint density at radius 1 is 1.35 bits per heavy atom. The quantitative estimate of drug-likeness (QED) is 0.842. The van der Waals surface area contributed by atoms with Crippen molar-refractivity contribution in [1.29, 1.82) is 0 Å². The number of methoxy groups -OCH3 is 1. The molecule has 2 nitrogen and oxygen atoms in total. The van der Waals surface area contributed by atoms with Gasteiger partial charge in [-0.2, -0.15) is 0 Å². The van der Waals surface area contributed by atoms with Crippen LogP contribution in [0.5, 0.6) is 5.75 Å². The maximum atomic E-state index is 5.37. The average molecular weight is 275 g/mol. The van der Waals surface area contributed by atoms with Gasteiger partial charge in [0.2, 0.25) is 0 Å². The Hall–Kier alpha value is -1.02. The van der Waals surface area contributed by atoms with Gasteiger partial charge in [0.15, 0.2) is 0 Å². The minimum absolute atomic E-state index is 0.586. The van der Waals surface area contributed by atoms with Crippen LogP contribution in [0.1, 0.15) is 57.1 Å². The molecule has 2 rings (SSSR count). The van der Waals surface area contributed by atoms with Gasteiger partial charge in [-0.3, -0.25) is 0 Å². The van der Waals surface area contributed by atoms with Gasteiger partial charge >= 0.3 is 0 Å². The highest BCUT2D eigenvalue weighted by atomic mass is 16.5. The van der Waals surface area contributed by atoms with E-state index in [1.54, 1.807) is 12.7 Å². The molecule has 112 valence electrons. The van der Waals surface area contributed by atoms with Crippen LogP contribution < -0.4 is 10.1 Å². The van der Waals surface area contributed by atoms with Crippen LogP contribution in [-0.2, 0) is 6.42 Å². The van der Waals surface area contributed by atoms with Crippen molar-refractivity contribution in [3.05, 3.63) is 29.3 Å². The summed E-state index contributed by atoms with van der Waals surface area (Å²) in [7, 11) is 1.75. The fourth-order valence-corrected chi connectivity index (χ4v) is 3.48. The van der Waals surface area contributed by atoms with Crippen molar-refractivity contribution in [2.45, 2.75) is 58.4 Å². The summed E-state index contributed by atoms with van der Waals surface area (Å²) in [6.07, 6.45) is 4.99. The SMILES string of the molecule is CCCNC(C(C)C)C1CCCc2cc(OC)ccc21. The van der Waals surface area contributed by atoms with Crippen molar-refractivity contribution in [1.82, 2.24) is 5.32 Å². The minimum atomic E-state index is 0.586. The fourth-order valence-electron chi connectivity index (χ4n) is 3.48. The van der Waals surface area contributed by atoms with E-state index in [2.05, 4.69) is 44.3 Å². The first-order chi connectivity index (χ1) is 9.67. The zero-order valence-electron chi connectivity index (χ0n) is 13.4. The lowest BCUT2D eigenvalue weighted by Crippen LogP contribution is -2.40. The predicted molar refractivity (Wildman–Crippen MR) is 85.6 cm³/mol. The highest BCUT2D eigenvalue weighted by Crippen LogP contribution is 2.37. The Balaban J connectivity index is 2.25. The first kappa shape index (κ1) is 15.4. The summed E-state index contributed by atoms with van der Waals surface area (Å²) in [6.45, 7) is 8.03. The summed E-state index contributed by atoms with van der Waals surface area (Å²) in [4.78, 5) is 0. The largest absolute Gasteiger partial charge is 0.497 e. The van der Waals surface area contributed by atoms with E-state index in [4.69, 9.17) is 4.74 Å². The van der Waals surface area contributed by atoms with Crippen LogP contribution in [0, 0.1) is 5.92 Å². The van der Waals surface area contributed by atoms with Crippen LogP contribution in [0.25, 0.3) is 0 Å². The van der Waals surface area contributed by atoms with E-state index in [0.717, 1.165) is 12.3 Å². The van der Waals surface area contributed by atoms with Crippen molar-refractivity contribution in [2.75, 3.05) is 13.7 Å². The molecule has 0 spiro atoms. The van der Waals surface area contributed by atoms with Crippen LogP contribution in [0.2, 0.25) is 0 Å². The third-order valence-corrected chi connectivity index (χ3v) is 4.49. The molecular weight excluding hydrogens is 246 g/mol. The Kier molecular flexibility index (Phi) is 5.47. The van der Waals surface area contributed by atoms with E-state index in [0.29, 0.717) is 17.9 Å². The van der Waals surface area contributed by atoms with Crippen LogP contribution >= 0.6 is 0 Å². The first-order valence-corrected chi connectivity index (χ1v) is 8.07. The number of aryl methyl sites for hydroxylation is 1. The summed E-state index contributed by atoms with van der Waals surface area (Å²) < 4.78 is 5.37. The highest BCUT2D eigenvalue weighted by molar-refractivity contribution is 5.40. The van der Waals surface area contributed by atoms with Gasteiger partial charge in [0.1, 0.15) is 5.75 Å². The summed E-state index contributed by atoms with van der Waals surface area (Å²) >= 11 is 0. The second-order valence-corrected chi connectivity index (χ2v) is 6.29. The summed E-state index contributed by atoms with van der Waals surface area (Å²) in [5.74, 6) is 2.31. The van der Waals surface area contributed by atoms with E-state index in [-0.39, 0.29) is 0 Å². The number of hydrogen-bond donors (Lipinski definition) is 1. The fraction of sp³-hybridized carbons (Fsp3) is 0.667. The number of benzene rings is 1. The van der Waals surface area contributed by atoms with Crippen molar-refractivity contribution in [3.8, 4) is 5.75 Å². The molecule has 0 aromatic heterocycles. The lowest BCUT2D eigenvalue weighted by molar-refractivity contribution is 0.317. The van der Waals surface area contributed by atoms with Gasteiger partial charge in [0, 0.05) is 6.04 Å². The van der Waals surface area contributed by atoms with E-state index in [1.165, 1.54) is 31.2 Å². The smallest absolute Gasteiger partial charge is 0.119 e. The van der Waals surface area contributed by atoms with Crippen LogP contribution in [0.15, 0.2) is 18.2 Å². The lowest BCUT2D eigenvalue weighted by atomic mass is 9.75. The molecule has 2 heteroatoms. The van der Waals surface area contributed by atoms with E-state index >= 15 is 0 Å². The molecule has 1 N–H and O–H groups in total. The molecule has 2 unspecified atom stereocenters. The van der Waals surface area contributed by atoms with Gasteiger partial charge in [-0.05, 0) is 67.3 Å². The first-order valence-electron chi connectivity index (χ1n) is 8.07. The molecule has 0 heterocycles. The minimum Gasteiger partial charge on any atom is -0.497 e. The Bertz CT molecular complexity index is 427. The van der Waals surface area contributed by atoms with Gasteiger partial charge in [-0.1, -0.05) is 26.8 Å². The molecule has 1 aromatic rings. The Morgan fingerprint density at radius 3 is 2.80 bits per heavy atom. The van der Waals surface area contributed by atoms with Gasteiger partial charge < -0.3 is 10.1 Å². The van der Waals surface area contributed by atoms with E-state index in [1.807, 2.05) is 0 Å². The third-order valence-electron chi connectivity index (χ3n) is 4.49. The van der Waals surface area contributed by atoms with E-state index < -0.39 is 0 Å². The average Bonchev–Trinajstić information content (AvgIpc) is 2.46. The molecule has 0 aliphatic heterocycles. The summed E-state index contributed by atoms with van der Waals surface area (Å²) in [5.41, 5.74) is 3.03. The maximum absolute atomic E-state index is 5.37. The zero-order valence-corrected chi connectivity index (χ0v) is 13.4. The molecule has 0 radical (unpaired) electrons. The zero-order chi connectivity index (χ0) is 14.5. The van der Waals surface area contributed by atoms with Gasteiger partial charge in [0.05, 0.1) is 7.11 Å². The van der Waals surface area contributed by atoms with Crippen molar-refractivity contribution in [2.24, 2.45) is 5.92 Å². The second kappa shape index (κ2) is 7.12. The molecule has 1 aromatic carbocycles. The number of ether oxygens (including phenoxy) is 1. The number of hydrogen-bond acceptors (Lipinski definition) is 2. The molecule has 0 bridgehead atoms. The van der Waals surface area contributed by atoms with Crippen molar-refractivity contribution >= 4 is 0 Å². The van der Waals surface area contributed by atoms with Crippen LogP contribution in [0.3, 0.4) is 0 Å². The summed E-state index contributed by atoms with van der Waals surface area (Å²) in [6, 6.07) is 7.23. The van der Waals surface area contributed by atoms with Gasteiger partial charge in [0.25, 0.3) is 0 Å². The van der Waals surface area contributed by atoms with Gasteiger partial charge in [-0.25, -0.2) is 0 Å². The second-order valence-electron chi connectivity index (χ2n) is 6.29. The number of rotatable bonds is 6. The molecule has 2 atom stereocenters. The third kappa shape index (κ3) is 3.35. The van der Waals surface area contributed by atoms with Crippen LogP contribution in [-0.4, -0.2) is 19.7 Å². The molecule has 0 amide bonds. The van der Waals surface area contributed by atoms with Crippen LogP contribution in [0.4, 0.5) is 0 Å². The molecule has 1 aliphatic carbocycles. The normalized spacial score (nSPS) is 19.8. The van der Waals surface area contributed by atoms with Crippen molar-refractivity contribution < 1.29 is 4.74 Å². The highest BCUT2D eigenvalue weighted by Gasteiger charge is 2.29. The molecule has 0 saturated heterocycles. The Morgan fingerprint density at radius 2 is 2.15 bits per heavy atom. The molecule has 1 aliphatic rings. The Labute approximate surface area is 123 Å². The predicted octanol–water partition coefficient (Wildman–Crippen LogP) is 4.14. The monoisotopic (exact) mass is 275 g/mol. The van der Waals surface area contributed by atoms with Crippen molar-refractivity contribution in [3.63, 3.8) is 0 Å². The summed E-state index contributed by atoms with van der Waals surface area (Å²) in [5, 5.41) is 3.78. The molecular formula is C18H29NO. The topological polar surface area (TPSA) is 21.3 Å². The maximum Gasteiger partial charge on any atom is 0.119 e. The number of nitrogens with one attached hydrogen (secondary N) is 1. The number of fused-ring (bicyclic) bond motifs is 1. The molecule has 0 fully saturated rings. The molecule has 0 saturated carbocycles. The standard InChI is InChI=1S/C18H29NO/c1-5-11-19-18(13(2)3)17-8-6-7-14-12-15(20-4)9-10-16(14)17/h9-10,12-13,17-19H,5-8,11H2,1-4H3. The van der Waals surface area contributed by atoms with Gasteiger partial charge in [-0.15, -0.1) is 0 Å². The molecule has 20 heavy (non-hydrogen) atoms. The van der Waals surface area contributed by atoms with E-state index in [9.17, 15) is 0 Å².